The minimum absolute atomic E-state index is 0.0815. The van der Waals surface area contributed by atoms with Gasteiger partial charge in [-0.3, -0.25) is 0 Å². The molecule has 1 fully saturated rings. The molecule has 94 valence electrons. The molecular formula is C12H19N3O2. The summed E-state index contributed by atoms with van der Waals surface area (Å²) in [5.74, 6) is 1.65. The molecule has 2 heterocycles. The summed E-state index contributed by atoms with van der Waals surface area (Å²) in [6, 6.07) is 3.64. The smallest absolute Gasteiger partial charge is 0.318 e. The first-order valence-corrected chi connectivity index (χ1v) is 5.78. The topological polar surface area (TPSA) is 71.5 Å². The molecule has 0 saturated carbocycles. The fraction of sp³-hybridized carbons (Fsp3) is 0.583. The number of nitrogens with one attached hydrogen (secondary N) is 1. The number of aryl methyl sites for hydroxylation is 1. The predicted molar refractivity (Wildman–Crippen MR) is 64.6 cm³/mol. The number of furan rings is 1. The molecule has 1 atom stereocenters. The first kappa shape index (κ1) is 12.0. The van der Waals surface area contributed by atoms with E-state index in [1.807, 2.05) is 32.9 Å². The number of hydrogen-bond donors (Lipinski definition) is 2. The van der Waals surface area contributed by atoms with Gasteiger partial charge in [0.05, 0.1) is 12.1 Å². The van der Waals surface area contributed by atoms with Crippen LogP contribution in [0.1, 0.15) is 31.4 Å². The second kappa shape index (κ2) is 4.07. The lowest BCUT2D eigenvalue weighted by Gasteiger charge is -2.33. The van der Waals surface area contributed by atoms with E-state index in [0.29, 0.717) is 13.1 Å². The van der Waals surface area contributed by atoms with Gasteiger partial charge in [-0.15, -0.1) is 0 Å². The molecule has 1 aliphatic heterocycles. The van der Waals surface area contributed by atoms with Gasteiger partial charge in [0, 0.05) is 6.54 Å². The van der Waals surface area contributed by atoms with Gasteiger partial charge in [0.2, 0.25) is 0 Å². The Morgan fingerprint density at radius 3 is 2.82 bits per heavy atom. The van der Waals surface area contributed by atoms with E-state index in [1.54, 1.807) is 4.90 Å². The van der Waals surface area contributed by atoms with Crippen molar-refractivity contribution in [2.24, 2.45) is 5.73 Å². The SMILES string of the molecule is Cc1ccc(C2CN(C(C)(C)CN)C(=O)N2)o1. The standard InChI is InChI=1S/C12H19N3O2/c1-8-4-5-10(17-8)9-6-15(11(16)14-9)12(2,3)7-13/h4-5,9H,6-7,13H2,1-3H3,(H,14,16). The Hall–Kier alpha value is -1.49. The number of carbonyl (C=O) groups excluding carboxylic acids is 1. The summed E-state index contributed by atoms with van der Waals surface area (Å²) in [6.07, 6.45) is 0. The van der Waals surface area contributed by atoms with Gasteiger partial charge in [-0.05, 0) is 32.9 Å². The van der Waals surface area contributed by atoms with Crippen LogP contribution in [0.2, 0.25) is 0 Å². The lowest BCUT2D eigenvalue weighted by Crippen LogP contribution is -2.50. The molecule has 3 N–H and O–H groups in total. The second-order valence-corrected chi connectivity index (χ2v) is 5.08. The number of urea groups is 1. The van der Waals surface area contributed by atoms with Gasteiger partial charge in [0.15, 0.2) is 0 Å². The van der Waals surface area contributed by atoms with Crippen LogP contribution >= 0.6 is 0 Å². The van der Waals surface area contributed by atoms with Crippen LogP contribution in [0.15, 0.2) is 16.5 Å². The van der Waals surface area contributed by atoms with Gasteiger partial charge in [-0.2, -0.15) is 0 Å². The highest BCUT2D eigenvalue weighted by Crippen LogP contribution is 2.26. The van der Waals surface area contributed by atoms with Crippen molar-refractivity contribution in [1.82, 2.24) is 10.2 Å². The molecule has 0 aliphatic carbocycles. The maximum Gasteiger partial charge on any atom is 0.318 e. The molecule has 1 saturated heterocycles. The second-order valence-electron chi connectivity index (χ2n) is 5.08. The van der Waals surface area contributed by atoms with E-state index < -0.39 is 0 Å². The summed E-state index contributed by atoms with van der Waals surface area (Å²) >= 11 is 0. The Bertz CT molecular complexity index is 425. The number of nitrogens with two attached hydrogens (primary N) is 1. The average molecular weight is 237 g/mol. The van der Waals surface area contributed by atoms with Crippen LogP contribution in [0.4, 0.5) is 4.79 Å². The molecule has 5 heteroatoms. The van der Waals surface area contributed by atoms with Gasteiger partial charge in [-0.25, -0.2) is 4.79 Å². The summed E-state index contributed by atoms with van der Waals surface area (Å²) in [5, 5.41) is 2.91. The summed E-state index contributed by atoms with van der Waals surface area (Å²) in [6.45, 7) is 6.84. The Balaban J connectivity index is 2.15. The molecule has 1 aromatic rings. The van der Waals surface area contributed by atoms with E-state index in [2.05, 4.69) is 5.32 Å². The zero-order valence-corrected chi connectivity index (χ0v) is 10.5. The van der Waals surface area contributed by atoms with Crippen molar-refractivity contribution in [2.45, 2.75) is 32.4 Å². The highest BCUT2D eigenvalue weighted by Gasteiger charge is 2.39. The van der Waals surface area contributed by atoms with Crippen LogP contribution < -0.4 is 11.1 Å². The lowest BCUT2D eigenvalue weighted by atomic mass is 10.0. The van der Waals surface area contributed by atoms with Gasteiger partial charge < -0.3 is 20.4 Å². The fourth-order valence-electron chi connectivity index (χ4n) is 1.97. The maximum absolute atomic E-state index is 11.9. The third-order valence-corrected chi connectivity index (χ3v) is 3.24. The molecule has 0 radical (unpaired) electrons. The van der Waals surface area contributed by atoms with Crippen molar-refractivity contribution >= 4 is 6.03 Å². The van der Waals surface area contributed by atoms with Gasteiger partial charge in [0.25, 0.3) is 0 Å². The fourth-order valence-corrected chi connectivity index (χ4v) is 1.97. The van der Waals surface area contributed by atoms with Crippen molar-refractivity contribution in [3.63, 3.8) is 0 Å². The normalized spacial score (nSPS) is 20.8. The van der Waals surface area contributed by atoms with Crippen LogP contribution in [0, 0.1) is 6.92 Å². The minimum atomic E-state index is -0.333. The van der Waals surface area contributed by atoms with Crippen LogP contribution in [0.5, 0.6) is 0 Å². The Labute approximate surface area is 101 Å². The third-order valence-electron chi connectivity index (χ3n) is 3.24. The third kappa shape index (κ3) is 2.15. The van der Waals surface area contributed by atoms with Crippen molar-refractivity contribution in [1.29, 1.82) is 0 Å². The Morgan fingerprint density at radius 1 is 1.59 bits per heavy atom. The minimum Gasteiger partial charge on any atom is -0.464 e. The first-order chi connectivity index (χ1) is 7.94. The lowest BCUT2D eigenvalue weighted by molar-refractivity contribution is 0.162. The van der Waals surface area contributed by atoms with Gasteiger partial charge in [-0.1, -0.05) is 0 Å². The van der Waals surface area contributed by atoms with E-state index in [9.17, 15) is 4.79 Å². The molecular weight excluding hydrogens is 218 g/mol. The van der Waals surface area contributed by atoms with Crippen molar-refractivity contribution in [2.75, 3.05) is 13.1 Å². The zero-order valence-electron chi connectivity index (χ0n) is 10.5. The Morgan fingerprint density at radius 2 is 2.29 bits per heavy atom. The number of nitrogens with zero attached hydrogens (tertiary/aromatic N) is 1. The molecule has 5 nitrogen and oxygen atoms in total. The molecule has 0 aromatic carbocycles. The van der Waals surface area contributed by atoms with Crippen molar-refractivity contribution < 1.29 is 9.21 Å². The molecule has 1 aromatic heterocycles. The number of amides is 2. The highest BCUT2D eigenvalue weighted by atomic mass is 16.3. The number of rotatable bonds is 3. The highest BCUT2D eigenvalue weighted by molar-refractivity contribution is 5.78. The quantitative estimate of drug-likeness (QED) is 0.834. The van der Waals surface area contributed by atoms with Crippen LogP contribution in [-0.4, -0.2) is 29.6 Å². The first-order valence-electron chi connectivity index (χ1n) is 5.78. The largest absolute Gasteiger partial charge is 0.464 e. The molecule has 1 unspecified atom stereocenters. The van der Waals surface area contributed by atoms with E-state index in [4.69, 9.17) is 10.2 Å². The molecule has 0 bridgehead atoms. The van der Waals surface area contributed by atoms with Crippen molar-refractivity contribution in [3.05, 3.63) is 23.7 Å². The summed E-state index contributed by atoms with van der Waals surface area (Å²) < 4.78 is 5.54. The summed E-state index contributed by atoms with van der Waals surface area (Å²) in [5.41, 5.74) is 5.36. The van der Waals surface area contributed by atoms with E-state index in [0.717, 1.165) is 11.5 Å². The molecule has 2 rings (SSSR count). The molecule has 2 amide bonds. The van der Waals surface area contributed by atoms with E-state index in [1.165, 1.54) is 0 Å². The maximum atomic E-state index is 11.9. The van der Waals surface area contributed by atoms with E-state index in [-0.39, 0.29) is 17.6 Å². The van der Waals surface area contributed by atoms with E-state index >= 15 is 0 Å². The average Bonchev–Trinajstić information content (AvgIpc) is 2.85. The van der Waals surface area contributed by atoms with Gasteiger partial charge in [0.1, 0.15) is 17.6 Å². The van der Waals surface area contributed by atoms with Crippen molar-refractivity contribution in [3.8, 4) is 0 Å². The van der Waals surface area contributed by atoms with Gasteiger partial charge >= 0.3 is 6.03 Å². The summed E-state index contributed by atoms with van der Waals surface area (Å²) in [4.78, 5) is 13.6. The molecule has 0 spiro atoms. The number of carbonyl (C=O) groups is 1. The predicted octanol–water partition coefficient (Wildman–Crippen LogP) is 1.39. The van der Waals surface area contributed by atoms with Crippen LogP contribution in [-0.2, 0) is 0 Å². The zero-order chi connectivity index (χ0) is 12.6. The van der Waals surface area contributed by atoms with Crippen LogP contribution in [0.3, 0.4) is 0 Å². The van der Waals surface area contributed by atoms with Crippen LogP contribution in [0.25, 0.3) is 0 Å². The Kier molecular flexibility index (Phi) is 2.87. The number of hydrogen-bond acceptors (Lipinski definition) is 3. The molecule has 17 heavy (non-hydrogen) atoms. The molecule has 1 aliphatic rings. The monoisotopic (exact) mass is 237 g/mol. The summed E-state index contributed by atoms with van der Waals surface area (Å²) in [7, 11) is 0.